The monoisotopic (exact) mass is 456 g/mol. The standard InChI is InChI=1S/C26H24N6.ClH/c1-17(16-27)18-9-11-20(12-10-18)32-25(21-8-5-15-29-24(21)28)31-23-14-13-22(30-26(23)32)19-6-3-2-4-7-19;/h2-15,17H,16,27H2,1H3,(H2,28,29);1H. The summed E-state index contributed by atoms with van der Waals surface area (Å²) in [7, 11) is 0. The van der Waals surface area contributed by atoms with Gasteiger partial charge in [0.25, 0.3) is 0 Å². The van der Waals surface area contributed by atoms with E-state index in [1.807, 2.05) is 47.0 Å². The number of rotatable bonds is 5. The number of nitrogens with zero attached hydrogens (tertiary/aromatic N) is 4. The van der Waals surface area contributed by atoms with E-state index >= 15 is 0 Å². The molecular weight excluding hydrogens is 432 g/mol. The molecule has 1 atom stereocenters. The summed E-state index contributed by atoms with van der Waals surface area (Å²) in [6.45, 7) is 2.73. The summed E-state index contributed by atoms with van der Waals surface area (Å²) in [5, 5.41) is 0. The fraction of sp³-hybridized carbons (Fsp3) is 0.115. The van der Waals surface area contributed by atoms with Crippen LogP contribution in [0.5, 0.6) is 0 Å². The minimum atomic E-state index is 0. The van der Waals surface area contributed by atoms with Gasteiger partial charge in [0.2, 0.25) is 0 Å². The van der Waals surface area contributed by atoms with Gasteiger partial charge in [-0.1, -0.05) is 49.4 Å². The molecule has 2 aromatic carbocycles. The Hall–Kier alpha value is -3.74. The molecule has 1 unspecified atom stereocenters. The molecule has 5 rings (SSSR count). The molecule has 0 fully saturated rings. The van der Waals surface area contributed by atoms with Crippen LogP contribution in [0.15, 0.2) is 85.1 Å². The Morgan fingerprint density at radius 1 is 0.879 bits per heavy atom. The van der Waals surface area contributed by atoms with Crippen LogP contribution in [0.3, 0.4) is 0 Å². The quantitative estimate of drug-likeness (QED) is 0.378. The maximum atomic E-state index is 6.23. The minimum absolute atomic E-state index is 0. The van der Waals surface area contributed by atoms with Gasteiger partial charge in [-0.05, 0) is 54.4 Å². The Labute approximate surface area is 198 Å². The van der Waals surface area contributed by atoms with Crippen molar-refractivity contribution in [2.75, 3.05) is 12.3 Å². The van der Waals surface area contributed by atoms with E-state index < -0.39 is 0 Å². The number of hydrogen-bond acceptors (Lipinski definition) is 5. The van der Waals surface area contributed by atoms with Gasteiger partial charge >= 0.3 is 0 Å². The van der Waals surface area contributed by atoms with Crippen molar-refractivity contribution in [2.45, 2.75) is 12.8 Å². The van der Waals surface area contributed by atoms with Gasteiger partial charge in [0, 0.05) is 17.4 Å². The molecule has 0 bridgehead atoms. The number of aromatic nitrogens is 4. The van der Waals surface area contributed by atoms with Crippen LogP contribution >= 0.6 is 12.4 Å². The molecule has 3 heterocycles. The molecule has 7 heteroatoms. The highest BCUT2D eigenvalue weighted by Crippen LogP contribution is 2.32. The average molecular weight is 457 g/mol. The Balaban J connectivity index is 0.00000259. The van der Waals surface area contributed by atoms with Crippen molar-refractivity contribution in [1.29, 1.82) is 0 Å². The zero-order valence-corrected chi connectivity index (χ0v) is 19.0. The summed E-state index contributed by atoms with van der Waals surface area (Å²) >= 11 is 0. The number of anilines is 1. The van der Waals surface area contributed by atoms with Crippen LogP contribution < -0.4 is 11.5 Å². The fourth-order valence-corrected chi connectivity index (χ4v) is 3.85. The van der Waals surface area contributed by atoms with Gasteiger partial charge in [0.15, 0.2) is 11.5 Å². The Morgan fingerprint density at radius 2 is 1.64 bits per heavy atom. The van der Waals surface area contributed by atoms with E-state index in [0.717, 1.165) is 33.7 Å². The van der Waals surface area contributed by atoms with Crippen LogP contribution in [0.25, 0.3) is 39.5 Å². The first kappa shape index (κ1) is 22.5. The first-order valence-electron chi connectivity index (χ1n) is 10.6. The summed E-state index contributed by atoms with van der Waals surface area (Å²) in [4.78, 5) is 14.1. The predicted molar refractivity (Wildman–Crippen MR) is 137 cm³/mol. The molecule has 5 aromatic rings. The van der Waals surface area contributed by atoms with Crippen molar-refractivity contribution >= 4 is 29.4 Å². The lowest BCUT2D eigenvalue weighted by Gasteiger charge is -2.13. The summed E-state index contributed by atoms with van der Waals surface area (Å²) in [5.41, 5.74) is 18.5. The summed E-state index contributed by atoms with van der Waals surface area (Å²) < 4.78 is 2.05. The molecule has 3 aromatic heterocycles. The number of halogens is 1. The van der Waals surface area contributed by atoms with E-state index in [-0.39, 0.29) is 12.4 Å². The van der Waals surface area contributed by atoms with E-state index in [2.05, 4.69) is 48.3 Å². The summed E-state index contributed by atoms with van der Waals surface area (Å²) in [6.07, 6.45) is 1.68. The highest BCUT2D eigenvalue weighted by Gasteiger charge is 2.19. The van der Waals surface area contributed by atoms with Crippen LogP contribution in [0, 0.1) is 0 Å². The van der Waals surface area contributed by atoms with Crippen molar-refractivity contribution in [3.8, 4) is 28.3 Å². The van der Waals surface area contributed by atoms with Crippen molar-refractivity contribution < 1.29 is 0 Å². The van der Waals surface area contributed by atoms with Gasteiger partial charge in [-0.25, -0.2) is 15.0 Å². The maximum Gasteiger partial charge on any atom is 0.165 e. The first-order valence-corrected chi connectivity index (χ1v) is 10.6. The van der Waals surface area contributed by atoms with Gasteiger partial charge in [0.05, 0.1) is 11.3 Å². The van der Waals surface area contributed by atoms with Gasteiger partial charge in [-0.15, -0.1) is 12.4 Å². The predicted octanol–water partition coefficient (Wildman–Crippen LogP) is 5.22. The normalized spacial score (nSPS) is 11.8. The number of nitrogen functional groups attached to an aromatic ring is 1. The smallest absolute Gasteiger partial charge is 0.165 e. The molecule has 0 spiro atoms. The molecule has 0 saturated carbocycles. The molecule has 4 N–H and O–H groups in total. The molecule has 0 saturated heterocycles. The molecule has 0 aliphatic carbocycles. The summed E-state index contributed by atoms with van der Waals surface area (Å²) in [5.74, 6) is 1.43. The molecule has 166 valence electrons. The van der Waals surface area contributed by atoms with Crippen LogP contribution in [-0.2, 0) is 0 Å². The van der Waals surface area contributed by atoms with Crippen LogP contribution in [0.1, 0.15) is 18.4 Å². The lowest BCUT2D eigenvalue weighted by atomic mass is 10.0. The number of imidazole rings is 1. The Kier molecular flexibility index (Phi) is 6.40. The van der Waals surface area contributed by atoms with Crippen molar-refractivity contribution in [3.05, 3.63) is 90.6 Å². The van der Waals surface area contributed by atoms with Crippen molar-refractivity contribution in [2.24, 2.45) is 5.73 Å². The molecule has 0 aliphatic rings. The van der Waals surface area contributed by atoms with E-state index in [0.29, 0.717) is 24.1 Å². The highest BCUT2D eigenvalue weighted by molar-refractivity contribution is 5.85. The Bertz CT molecular complexity index is 1380. The Morgan fingerprint density at radius 3 is 2.33 bits per heavy atom. The second-order valence-electron chi connectivity index (χ2n) is 7.84. The zero-order chi connectivity index (χ0) is 22.1. The number of benzene rings is 2. The number of pyridine rings is 2. The lowest BCUT2D eigenvalue weighted by molar-refractivity contribution is 0.774. The van der Waals surface area contributed by atoms with Crippen LogP contribution in [-0.4, -0.2) is 26.1 Å². The average Bonchev–Trinajstić information content (AvgIpc) is 3.23. The minimum Gasteiger partial charge on any atom is -0.383 e. The van der Waals surface area contributed by atoms with E-state index in [4.69, 9.17) is 21.4 Å². The molecule has 6 nitrogen and oxygen atoms in total. The second kappa shape index (κ2) is 9.40. The largest absolute Gasteiger partial charge is 0.383 e. The van der Waals surface area contributed by atoms with Gasteiger partial charge in [-0.3, -0.25) is 4.57 Å². The molecular formula is C26H25ClN6. The van der Waals surface area contributed by atoms with E-state index in [1.165, 1.54) is 5.56 Å². The third-order valence-electron chi connectivity index (χ3n) is 5.73. The molecule has 0 radical (unpaired) electrons. The molecule has 0 aliphatic heterocycles. The number of hydrogen-bond donors (Lipinski definition) is 2. The number of nitrogens with two attached hydrogens (primary N) is 2. The van der Waals surface area contributed by atoms with Crippen molar-refractivity contribution in [1.82, 2.24) is 19.5 Å². The van der Waals surface area contributed by atoms with Gasteiger partial charge < -0.3 is 11.5 Å². The molecule has 33 heavy (non-hydrogen) atoms. The molecule has 0 amide bonds. The zero-order valence-electron chi connectivity index (χ0n) is 18.2. The third-order valence-corrected chi connectivity index (χ3v) is 5.73. The van der Waals surface area contributed by atoms with Gasteiger partial charge in [-0.2, -0.15) is 0 Å². The third kappa shape index (κ3) is 4.18. The lowest BCUT2D eigenvalue weighted by Crippen LogP contribution is -2.09. The highest BCUT2D eigenvalue weighted by atomic mass is 35.5. The summed E-state index contributed by atoms with van der Waals surface area (Å²) in [6, 6.07) is 26.3. The first-order chi connectivity index (χ1) is 15.7. The second-order valence-corrected chi connectivity index (χ2v) is 7.84. The number of fused-ring (bicyclic) bond motifs is 1. The SMILES string of the molecule is CC(CN)c1ccc(-n2c(-c3cccnc3N)nc3ccc(-c4ccccc4)nc32)cc1.Cl. The van der Waals surface area contributed by atoms with Crippen LogP contribution in [0.2, 0.25) is 0 Å². The van der Waals surface area contributed by atoms with Crippen LogP contribution in [0.4, 0.5) is 5.82 Å². The maximum absolute atomic E-state index is 6.23. The van der Waals surface area contributed by atoms with E-state index in [9.17, 15) is 0 Å². The topological polar surface area (TPSA) is 95.6 Å². The van der Waals surface area contributed by atoms with Crippen molar-refractivity contribution in [3.63, 3.8) is 0 Å². The van der Waals surface area contributed by atoms with Gasteiger partial charge in [0.1, 0.15) is 11.3 Å². The fourth-order valence-electron chi connectivity index (χ4n) is 3.85. The van der Waals surface area contributed by atoms with E-state index in [1.54, 1.807) is 6.20 Å².